The first-order valence-electron chi connectivity index (χ1n) is 14.8. The van der Waals surface area contributed by atoms with Crippen LogP contribution < -0.4 is 10.6 Å². The highest BCUT2D eigenvalue weighted by atomic mass is 16.5. The summed E-state index contributed by atoms with van der Waals surface area (Å²) >= 11 is 0. The Balaban J connectivity index is 1.43. The molecule has 0 unspecified atom stereocenters. The lowest BCUT2D eigenvalue weighted by Crippen LogP contribution is -2.58. The molecule has 3 aliphatic heterocycles. The minimum Gasteiger partial charge on any atom is -0.359 e. The fraction of sp³-hybridized carbons (Fsp3) is 0.645. The lowest BCUT2D eigenvalue weighted by Gasteiger charge is -2.38. The molecule has 1 saturated carbocycles. The molecule has 8 atom stereocenters. The lowest BCUT2D eigenvalue weighted by atomic mass is 9.73. The van der Waals surface area contributed by atoms with Crippen molar-refractivity contribution in [2.75, 3.05) is 31.5 Å². The zero-order valence-electron chi connectivity index (χ0n) is 24.0. The van der Waals surface area contributed by atoms with Gasteiger partial charge in [-0.3, -0.25) is 14.4 Å². The predicted molar refractivity (Wildman–Crippen MR) is 151 cm³/mol. The third kappa shape index (κ3) is 4.91. The average molecular weight is 537 g/mol. The molecular formula is C31H44N4O4. The van der Waals surface area contributed by atoms with Crippen LogP contribution in [-0.2, 0) is 19.1 Å². The van der Waals surface area contributed by atoms with E-state index in [9.17, 15) is 14.4 Å². The van der Waals surface area contributed by atoms with Crippen molar-refractivity contribution in [3.05, 3.63) is 42.0 Å². The molecule has 0 aromatic heterocycles. The smallest absolute Gasteiger partial charge is 0.246 e. The standard InChI is InChI=1S/C31H44N4O4/c1-6-34(7-2)16-17-35-27(29(37)33-23-13-9-11-20(4)21(23)5)31-15-14-24(39-31)25(26(31)30(35)38)28(36)32-22-12-8-10-19(3)18-22/h8,10,12,14-15,18,20-21,23-27H,6-7,9,11,13,16-17H2,1-5H3,(H,32,36)(H,33,37)/t20-,21+,23+,24-,25+,26-,27-,31-/m0/s1. The Bertz CT molecular complexity index is 1130. The molecule has 2 N–H and O–H groups in total. The minimum absolute atomic E-state index is 0.0689. The number of anilines is 1. The first-order chi connectivity index (χ1) is 18.7. The predicted octanol–water partition coefficient (Wildman–Crippen LogP) is 3.37. The van der Waals surface area contributed by atoms with Crippen molar-refractivity contribution >= 4 is 23.4 Å². The number of likely N-dealkylation sites (tertiary alicyclic amines) is 1. The molecule has 1 spiro atoms. The van der Waals surface area contributed by atoms with Crippen LogP contribution in [0, 0.1) is 30.6 Å². The van der Waals surface area contributed by atoms with Crippen LogP contribution in [0.25, 0.3) is 0 Å². The van der Waals surface area contributed by atoms with Gasteiger partial charge in [-0.1, -0.05) is 64.8 Å². The van der Waals surface area contributed by atoms with E-state index >= 15 is 0 Å². The molecule has 0 radical (unpaired) electrons. The van der Waals surface area contributed by atoms with Gasteiger partial charge in [0.2, 0.25) is 17.7 Å². The number of hydrogen-bond donors (Lipinski definition) is 2. The number of carbonyl (C=O) groups excluding carboxylic acids is 3. The van der Waals surface area contributed by atoms with Gasteiger partial charge in [-0.15, -0.1) is 0 Å². The van der Waals surface area contributed by atoms with Crippen molar-refractivity contribution in [3.63, 3.8) is 0 Å². The summed E-state index contributed by atoms with van der Waals surface area (Å²) < 4.78 is 6.50. The van der Waals surface area contributed by atoms with Gasteiger partial charge in [-0.2, -0.15) is 0 Å². The van der Waals surface area contributed by atoms with Crippen molar-refractivity contribution in [3.8, 4) is 0 Å². The first-order valence-corrected chi connectivity index (χ1v) is 14.8. The molecule has 2 saturated heterocycles. The summed E-state index contributed by atoms with van der Waals surface area (Å²) in [5.74, 6) is -1.09. The molecule has 3 fully saturated rings. The Hall–Kier alpha value is -2.71. The van der Waals surface area contributed by atoms with E-state index in [2.05, 4.69) is 43.2 Å². The van der Waals surface area contributed by atoms with E-state index in [0.29, 0.717) is 30.6 Å². The molecule has 1 aromatic carbocycles. The third-order valence-electron chi connectivity index (χ3n) is 9.80. The second-order valence-electron chi connectivity index (χ2n) is 12.0. The van der Waals surface area contributed by atoms with Gasteiger partial charge in [-0.25, -0.2) is 0 Å². The van der Waals surface area contributed by atoms with E-state index in [4.69, 9.17) is 4.74 Å². The van der Waals surface area contributed by atoms with Crippen LogP contribution in [0.5, 0.6) is 0 Å². The Morgan fingerprint density at radius 1 is 1.15 bits per heavy atom. The van der Waals surface area contributed by atoms with Crippen LogP contribution in [-0.4, -0.2) is 77.5 Å². The Kier molecular flexibility index (Phi) is 7.89. The molecule has 8 nitrogen and oxygen atoms in total. The van der Waals surface area contributed by atoms with Crippen LogP contribution in [0.3, 0.4) is 0 Å². The van der Waals surface area contributed by atoms with Crippen LogP contribution in [0.1, 0.15) is 52.5 Å². The van der Waals surface area contributed by atoms with E-state index in [1.165, 1.54) is 6.42 Å². The molecule has 1 aliphatic carbocycles. The molecular weight excluding hydrogens is 492 g/mol. The summed E-state index contributed by atoms with van der Waals surface area (Å²) in [6, 6.07) is 6.90. The molecule has 5 rings (SSSR count). The summed E-state index contributed by atoms with van der Waals surface area (Å²) in [6.07, 6.45) is 6.43. The monoisotopic (exact) mass is 536 g/mol. The molecule has 2 bridgehead atoms. The zero-order chi connectivity index (χ0) is 27.9. The molecule has 8 heteroatoms. The van der Waals surface area contributed by atoms with Crippen LogP contribution >= 0.6 is 0 Å². The van der Waals surface area contributed by atoms with E-state index < -0.39 is 29.6 Å². The number of fused-ring (bicyclic) bond motifs is 1. The first kappa shape index (κ1) is 27.8. The highest BCUT2D eigenvalue weighted by Crippen LogP contribution is 2.55. The van der Waals surface area contributed by atoms with Gasteiger partial charge in [-0.05, 0) is 56.0 Å². The van der Waals surface area contributed by atoms with Crippen LogP contribution in [0.2, 0.25) is 0 Å². The van der Waals surface area contributed by atoms with Crippen LogP contribution in [0.15, 0.2) is 36.4 Å². The normalized spacial score (nSPS) is 35.0. The number of aryl methyl sites for hydroxylation is 1. The summed E-state index contributed by atoms with van der Waals surface area (Å²) in [4.78, 5) is 45.8. The maximum absolute atomic E-state index is 14.1. The van der Waals surface area contributed by atoms with Gasteiger partial charge in [0, 0.05) is 24.8 Å². The van der Waals surface area contributed by atoms with Gasteiger partial charge in [0.05, 0.1) is 17.9 Å². The zero-order valence-corrected chi connectivity index (χ0v) is 24.0. The second-order valence-corrected chi connectivity index (χ2v) is 12.0. The second kappa shape index (κ2) is 11.0. The van der Waals surface area contributed by atoms with Gasteiger partial charge in [0.15, 0.2) is 0 Å². The third-order valence-corrected chi connectivity index (χ3v) is 9.80. The Morgan fingerprint density at radius 3 is 2.64 bits per heavy atom. The Morgan fingerprint density at radius 2 is 1.92 bits per heavy atom. The van der Waals surface area contributed by atoms with Crippen molar-refractivity contribution in [2.24, 2.45) is 23.7 Å². The van der Waals surface area contributed by atoms with Crippen molar-refractivity contribution in [2.45, 2.75) is 77.7 Å². The average Bonchev–Trinajstić information content (AvgIpc) is 3.55. The van der Waals surface area contributed by atoms with Crippen molar-refractivity contribution < 1.29 is 19.1 Å². The minimum atomic E-state index is -1.13. The summed E-state index contributed by atoms with van der Waals surface area (Å²) in [6.45, 7) is 13.4. The number of nitrogens with zero attached hydrogens (tertiary/aromatic N) is 2. The largest absolute Gasteiger partial charge is 0.359 e. The van der Waals surface area contributed by atoms with Gasteiger partial charge in [0.25, 0.3) is 0 Å². The molecule has 212 valence electrons. The number of nitrogens with one attached hydrogen (secondary N) is 2. The van der Waals surface area contributed by atoms with Crippen LogP contribution in [0.4, 0.5) is 5.69 Å². The fourth-order valence-electron chi connectivity index (χ4n) is 7.29. The van der Waals surface area contributed by atoms with E-state index in [1.54, 1.807) is 4.90 Å². The number of hydrogen-bond acceptors (Lipinski definition) is 5. The van der Waals surface area contributed by atoms with E-state index in [0.717, 1.165) is 31.5 Å². The SMILES string of the molecule is CCN(CC)CCN1C(=O)[C@@H]2[C@H](C(=O)Nc3cccc(C)c3)[C@@H]3C=C[C@@]2(O3)[C@@H]1C(=O)N[C@@H]1CCC[C@H](C)[C@H]1C. The molecule has 4 aliphatic rings. The summed E-state index contributed by atoms with van der Waals surface area (Å²) in [5, 5.41) is 6.34. The van der Waals surface area contributed by atoms with E-state index in [-0.39, 0.29) is 23.8 Å². The number of amides is 3. The molecule has 3 amide bonds. The highest BCUT2D eigenvalue weighted by Gasteiger charge is 2.72. The quantitative estimate of drug-likeness (QED) is 0.473. The fourth-order valence-corrected chi connectivity index (χ4v) is 7.29. The Labute approximate surface area is 232 Å². The maximum Gasteiger partial charge on any atom is 0.246 e. The number of rotatable bonds is 9. The molecule has 39 heavy (non-hydrogen) atoms. The number of carbonyl (C=O) groups is 3. The van der Waals surface area contributed by atoms with Gasteiger partial charge < -0.3 is 25.2 Å². The summed E-state index contributed by atoms with van der Waals surface area (Å²) in [5.41, 5.74) is 0.600. The number of likely N-dealkylation sites (N-methyl/N-ethyl adjacent to an activating group) is 1. The summed E-state index contributed by atoms with van der Waals surface area (Å²) in [7, 11) is 0. The van der Waals surface area contributed by atoms with Gasteiger partial charge >= 0.3 is 0 Å². The molecule has 1 aromatic rings. The lowest BCUT2D eigenvalue weighted by molar-refractivity contribution is -0.141. The maximum atomic E-state index is 14.1. The highest BCUT2D eigenvalue weighted by molar-refractivity contribution is 6.02. The van der Waals surface area contributed by atoms with E-state index in [1.807, 2.05) is 43.3 Å². The van der Waals surface area contributed by atoms with Crippen molar-refractivity contribution in [1.82, 2.24) is 15.1 Å². The topological polar surface area (TPSA) is 91.0 Å². The van der Waals surface area contributed by atoms with Crippen molar-refractivity contribution in [1.29, 1.82) is 0 Å². The number of benzene rings is 1. The number of ether oxygens (including phenoxy) is 1. The molecule has 3 heterocycles. The van der Waals surface area contributed by atoms with Gasteiger partial charge in [0.1, 0.15) is 11.6 Å².